The van der Waals surface area contributed by atoms with Crippen molar-refractivity contribution >= 4 is 34.3 Å². The van der Waals surface area contributed by atoms with Gasteiger partial charge in [0, 0.05) is 0 Å². The third kappa shape index (κ3) is 9.73. The van der Waals surface area contributed by atoms with Crippen LogP contribution in [0.5, 0.6) is 0 Å². The fraction of sp³-hybridized carbons (Fsp3) is 0.167. The first-order chi connectivity index (χ1) is 25.5. The molecule has 0 atom stereocenters. The van der Waals surface area contributed by atoms with Crippen molar-refractivity contribution in [1.29, 1.82) is 0 Å². The van der Waals surface area contributed by atoms with E-state index < -0.39 is 53.2 Å². The van der Waals surface area contributed by atoms with Crippen LogP contribution in [0.2, 0.25) is 26.2 Å². The van der Waals surface area contributed by atoms with E-state index in [1.807, 2.05) is 13.3 Å². The van der Waals surface area contributed by atoms with E-state index in [-0.39, 0.29) is 24.8 Å². The van der Waals surface area contributed by atoms with Gasteiger partial charge in [0.15, 0.2) is 0 Å². The molecule has 0 amide bonds. The van der Waals surface area contributed by atoms with Crippen LogP contribution >= 0.6 is 0 Å². The molecule has 0 aromatic heterocycles. The fourth-order valence-corrected chi connectivity index (χ4v) is 65.0. The summed E-state index contributed by atoms with van der Waals surface area (Å²) in [6, 6.07) is 44.2. The summed E-state index contributed by atoms with van der Waals surface area (Å²) in [6.45, 7) is 10.4. The smallest absolute Gasteiger partial charge is 1.00 e. The second-order valence-corrected chi connectivity index (χ2v) is 68.2. The molecular formula is C48H50Cl2Hf2Si2. The molecule has 4 aromatic rings. The molecule has 272 valence electrons. The molecule has 8 rings (SSSR count). The third-order valence-electron chi connectivity index (χ3n) is 10.5. The average molecular weight is 1110 g/mol. The van der Waals surface area contributed by atoms with Gasteiger partial charge < -0.3 is 24.8 Å². The Hall–Kier alpha value is -2.45. The van der Waals surface area contributed by atoms with E-state index in [0.717, 1.165) is 0 Å². The second kappa shape index (κ2) is 20.6. The molecular weight excluding hydrogens is 1060 g/mol. The van der Waals surface area contributed by atoms with Crippen LogP contribution in [-0.4, -0.2) is 12.0 Å². The molecule has 0 N–H and O–H groups in total. The first-order valence-corrected chi connectivity index (χ1v) is 44.5. The van der Waals surface area contributed by atoms with Gasteiger partial charge in [-0.15, -0.1) is 0 Å². The van der Waals surface area contributed by atoms with Gasteiger partial charge in [0.1, 0.15) is 0 Å². The van der Waals surface area contributed by atoms with Crippen molar-refractivity contribution in [3.05, 3.63) is 206 Å². The molecule has 4 aliphatic carbocycles. The zero-order chi connectivity index (χ0) is 35.9. The summed E-state index contributed by atoms with van der Waals surface area (Å²) < 4.78 is 7.43. The van der Waals surface area contributed by atoms with Gasteiger partial charge in [-0.05, 0) is 0 Å². The zero-order valence-corrected chi connectivity index (χ0v) is 42.9. The molecule has 6 heteroatoms. The Morgan fingerprint density at radius 2 is 0.537 bits per heavy atom. The predicted molar refractivity (Wildman–Crippen MR) is 226 cm³/mol. The molecule has 0 saturated heterocycles. The van der Waals surface area contributed by atoms with E-state index in [2.05, 4.69) is 196 Å². The Morgan fingerprint density at radius 3 is 0.722 bits per heavy atom. The van der Waals surface area contributed by atoms with Crippen LogP contribution in [0.15, 0.2) is 183 Å². The summed E-state index contributed by atoms with van der Waals surface area (Å²) in [5.41, 5.74) is 11.9. The second-order valence-electron chi connectivity index (χ2n) is 14.6. The third-order valence-corrected chi connectivity index (χ3v) is 65.3. The van der Waals surface area contributed by atoms with E-state index >= 15 is 0 Å². The quantitative estimate of drug-likeness (QED) is 0.156. The normalized spacial score (nSPS) is 15.7. The minimum Gasteiger partial charge on any atom is -1.00 e. The molecule has 4 aromatic carbocycles. The van der Waals surface area contributed by atoms with Crippen LogP contribution < -0.4 is 24.8 Å². The molecule has 0 aliphatic heterocycles. The molecule has 0 radical (unpaired) electrons. The van der Waals surface area contributed by atoms with Crippen LogP contribution in [0.1, 0.15) is 47.9 Å². The maximum absolute atomic E-state index is 2.60. The van der Waals surface area contributed by atoms with Crippen LogP contribution in [0, 0.1) is 0 Å². The average Bonchev–Trinajstić information content (AvgIpc) is 4.02. The van der Waals surface area contributed by atoms with Gasteiger partial charge in [-0.1, -0.05) is 0 Å². The maximum atomic E-state index is 2.60. The van der Waals surface area contributed by atoms with Gasteiger partial charge in [-0.3, -0.25) is 0 Å². The predicted octanol–water partition coefficient (Wildman–Crippen LogP) is 6.67. The monoisotopic (exact) mass is 1110 g/mol. The van der Waals surface area contributed by atoms with Crippen LogP contribution in [-0.2, 0) is 41.2 Å². The van der Waals surface area contributed by atoms with Crippen LogP contribution in [0.4, 0.5) is 0 Å². The van der Waals surface area contributed by atoms with Gasteiger partial charge in [0.2, 0.25) is 0 Å². The summed E-state index contributed by atoms with van der Waals surface area (Å²) in [7, 11) is 0. The summed E-state index contributed by atoms with van der Waals surface area (Å²) in [5, 5.41) is 0. The number of hydrogen-bond donors (Lipinski definition) is 0. The molecule has 54 heavy (non-hydrogen) atoms. The Balaban J connectivity index is 0.000000200. The summed E-state index contributed by atoms with van der Waals surface area (Å²) >= 11 is -4.03. The van der Waals surface area contributed by atoms with Crippen molar-refractivity contribution < 1.29 is 66.0 Å². The molecule has 0 spiro atoms. The summed E-state index contributed by atoms with van der Waals surface area (Å²) in [6.07, 6.45) is 24.0. The number of rotatable bonds is 10. The molecule has 0 saturated carbocycles. The fourth-order valence-electron chi connectivity index (χ4n) is 8.35. The van der Waals surface area contributed by atoms with Crippen molar-refractivity contribution in [2.75, 3.05) is 0 Å². The molecule has 0 fully saturated rings. The standard InChI is InChI=1S/4C11H9.2C2H7Si.2ClH.2Hf/c4*1-2-6-10(7-3-1)11-8-4-5-9-11;2*1-3-2;;;;/h4*1-4,6-8H,5H2;2*3H,1-2H3;2*1H;;/q;;;;;;;;2*+1/p-2. The Morgan fingerprint density at radius 1 is 0.333 bits per heavy atom. The van der Waals surface area contributed by atoms with Gasteiger partial charge in [-0.2, -0.15) is 0 Å². The van der Waals surface area contributed by atoms with E-state index in [1.54, 1.807) is 22.3 Å². The van der Waals surface area contributed by atoms with E-state index in [9.17, 15) is 0 Å². The van der Waals surface area contributed by atoms with Gasteiger partial charge in [-0.25, -0.2) is 0 Å². The molecule has 0 bridgehead atoms. The number of allylic oxidation sites excluding steroid dienone is 16. The van der Waals surface area contributed by atoms with E-state index in [4.69, 9.17) is 0 Å². The number of halogens is 2. The van der Waals surface area contributed by atoms with Crippen molar-refractivity contribution in [1.82, 2.24) is 0 Å². The van der Waals surface area contributed by atoms with Gasteiger partial charge in [0.25, 0.3) is 0 Å². The minimum atomic E-state index is -2.01. The Labute approximate surface area is 354 Å². The minimum absolute atomic E-state index is 0. The van der Waals surface area contributed by atoms with E-state index in [0.29, 0.717) is 0 Å². The number of hydrogen-bond acceptors (Lipinski definition) is 0. The van der Waals surface area contributed by atoms with Crippen LogP contribution in [0.3, 0.4) is 0 Å². The Bertz CT molecular complexity index is 1820. The molecule has 4 aliphatic rings. The van der Waals surface area contributed by atoms with Crippen molar-refractivity contribution in [2.45, 2.75) is 51.9 Å². The zero-order valence-electron chi connectivity index (χ0n) is 31.9. The van der Waals surface area contributed by atoms with E-state index in [1.165, 1.54) is 47.9 Å². The SMILES string of the molecule is C[SiH](C)[Hf+]([C]1=C(c2ccccc2)C=CC1)[C]1=C(c2ccccc2)C=CC1.C[SiH](C)[Hf+]([C]1=C(c2ccccc2)C=CC1)[C]1=C(c2ccccc2)C=CC1.[Cl-].[Cl-]. The van der Waals surface area contributed by atoms with Crippen LogP contribution in [0.25, 0.3) is 22.3 Å². The van der Waals surface area contributed by atoms with Crippen molar-refractivity contribution in [3.8, 4) is 0 Å². The van der Waals surface area contributed by atoms with Crippen molar-refractivity contribution in [2.24, 2.45) is 0 Å². The maximum Gasteiger partial charge on any atom is -1.00 e. The first-order valence-electron chi connectivity index (χ1n) is 19.1. The molecule has 0 nitrogen and oxygen atoms in total. The topological polar surface area (TPSA) is 0 Å². The van der Waals surface area contributed by atoms with Gasteiger partial charge in [0.05, 0.1) is 0 Å². The summed E-state index contributed by atoms with van der Waals surface area (Å²) in [5.74, 6) is -1.40. The first kappa shape index (κ1) is 42.7. The van der Waals surface area contributed by atoms with Crippen molar-refractivity contribution in [3.63, 3.8) is 0 Å². The molecule has 0 unspecified atom stereocenters. The Kier molecular flexibility index (Phi) is 16.3. The number of benzene rings is 4. The van der Waals surface area contributed by atoms with Gasteiger partial charge >= 0.3 is 333 Å². The summed E-state index contributed by atoms with van der Waals surface area (Å²) in [4.78, 5) is 0. The largest absolute Gasteiger partial charge is 1.00 e. The molecule has 0 heterocycles.